The van der Waals surface area contributed by atoms with Gasteiger partial charge in [-0.25, -0.2) is 4.90 Å². The summed E-state index contributed by atoms with van der Waals surface area (Å²) in [4.78, 5) is 30.3. The molecule has 2 aromatic rings. The van der Waals surface area contributed by atoms with E-state index in [0.717, 1.165) is 49.0 Å². The first-order chi connectivity index (χ1) is 13.5. The van der Waals surface area contributed by atoms with Crippen LogP contribution in [0.25, 0.3) is 5.57 Å². The predicted molar refractivity (Wildman–Crippen MR) is 112 cm³/mol. The van der Waals surface area contributed by atoms with Crippen LogP contribution in [0.1, 0.15) is 36.0 Å². The predicted octanol–water partition coefficient (Wildman–Crippen LogP) is 4.73. The maximum atomic E-state index is 13.5. The Morgan fingerprint density at radius 3 is 2.32 bits per heavy atom. The molecular formula is C23H23ClN2O2. The van der Waals surface area contributed by atoms with Crippen LogP contribution in [0.4, 0.5) is 5.69 Å². The van der Waals surface area contributed by atoms with Gasteiger partial charge in [0.25, 0.3) is 11.8 Å². The molecule has 4 nitrogen and oxygen atoms in total. The van der Waals surface area contributed by atoms with E-state index in [0.29, 0.717) is 22.0 Å². The largest absolute Gasteiger partial charge is 0.366 e. The van der Waals surface area contributed by atoms with Gasteiger partial charge < -0.3 is 4.90 Å². The molecular weight excluding hydrogens is 372 g/mol. The number of carbonyl (C=O) groups is 2. The molecule has 2 aromatic carbocycles. The number of likely N-dealkylation sites (tertiary alicyclic amines) is 1. The van der Waals surface area contributed by atoms with Crippen LogP contribution >= 0.6 is 11.6 Å². The van der Waals surface area contributed by atoms with E-state index in [-0.39, 0.29) is 11.8 Å². The summed E-state index contributed by atoms with van der Waals surface area (Å²) in [6.07, 6.45) is 3.22. The van der Waals surface area contributed by atoms with E-state index < -0.39 is 0 Å². The molecule has 4 rings (SSSR count). The molecule has 0 saturated carbocycles. The fraction of sp³-hybridized carbons (Fsp3) is 0.304. The van der Waals surface area contributed by atoms with Crippen molar-refractivity contribution in [2.24, 2.45) is 0 Å². The van der Waals surface area contributed by atoms with Crippen molar-refractivity contribution < 1.29 is 9.59 Å². The number of anilines is 1. The number of halogens is 1. The van der Waals surface area contributed by atoms with Gasteiger partial charge in [-0.1, -0.05) is 41.4 Å². The van der Waals surface area contributed by atoms with Crippen LogP contribution in [-0.2, 0) is 9.59 Å². The molecule has 0 atom stereocenters. The van der Waals surface area contributed by atoms with Gasteiger partial charge in [0.15, 0.2) is 0 Å². The van der Waals surface area contributed by atoms with Gasteiger partial charge in [0.1, 0.15) is 5.70 Å². The number of nitrogens with zero attached hydrogens (tertiary/aromatic N) is 2. The zero-order valence-electron chi connectivity index (χ0n) is 16.2. The van der Waals surface area contributed by atoms with Crippen LogP contribution in [-0.4, -0.2) is 29.8 Å². The third kappa shape index (κ3) is 3.22. The quantitative estimate of drug-likeness (QED) is 0.707. The standard InChI is InChI=1S/C23H23ClN2O2/c1-15-9-10-19(16(2)13-15)20-21(25-11-4-3-5-12-25)23(28)26(22(20)27)18-8-6-7-17(24)14-18/h6-10,13-14H,3-5,11-12H2,1-2H3. The summed E-state index contributed by atoms with van der Waals surface area (Å²) in [7, 11) is 0. The summed E-state index contributed by atoms with van der Waals surface area (Å²) < 4.78 is 0. The first-order valence-electron chi connectivity index (χ1n) is 9.68. The second-order valence-electron chi connectivity index (χ2n) is 7.52. The van der Waals surface area contributed by atoms with E-state index in [1.54, 1.807) is 24.3 Å². The van der Waals surface area contributed by atoms with E-state index in [9.17, 15) is 9.59 Å². The summed E-state index contributed by atoms with van der Waals surface area (Å²) >= 11 is 6.13. The van der Waals surface area contributed by atoms with E-state index in [2.05, 4.69) is 11.0 Å². The van der Waals surface area contributed by atoms with Crippen LogP contribution in [0.15, 0.2) is 48.2 Å². The number of rotatable bonds is 3. The lowest BCUT2D eigenvalue weighted by molar-refractivity contribution is -0.120. The van der Waals surface area contributed by atoms with Crippen molar-refractivity contribution in [3.63, 3.8) is 0 Å². The summed E-state index contributed by atoms with van der Waals surface area (Å²) in [5.41, 5.74) is 4.50. The van der Waals surface area contributed by atoms with Crippen molar-refractivity contribution >= 4 is 34.7 Å². The number of benzene rings is 2. The Labute approximate surface area is 170 Å². The van der Waals surface area contributed by atoms with Gasteiger partial charge in [-0.3, -0.25) is 9.59 Å². The first-order valence-corrected chi connectivity index (χ1v) is 10.1. The SMILES string of the molecule is Cc1ccc(C2=C(N3CCCCC3)C(=O)N(c3cccc(Cl)c3)C2=O)c(C)c1. The van der Waals surface area contributed by atoms with Gasteiger partial charge in [-0.15, -0.1) is 0 Å². The van der Waals surface area contributed by atoms with Crippen LogP contribution < -0.4 is 4.90 Å². The second kappa shape index (κ2) is 7.44. The molecule has 0 aromatic heterocycles. The molecule has 28 heavy (non-hydrogen) atoms. The zero-order valence-corrected chi connectivity index (χ0v) is 16.9. The zero-order chi connectivity index (χ0) is 19.8. The Hall–Kier alpha value is -2.59. The molecule has 1 saturated heterocycles. The van der Waals surface area contributed by atoms with Gasteiger partial charge in [0.2, 0.25) is 0 Å². The molecule has 1 fully saturated rings. The molecule has 2 heterocycles. The van der Waals surface area contributed by atoms with Gasteiger partial charge in [-0.2, -0.15) is 0 Å². The summed E-state index contributed by atoms with van der Waals surface area (Å²) in [6, 6.07) is 12.9. The molecule has 0 spiro atoms. The van der Waals surface area contributed by atoms with Crippen LogP contribution in [0, 0.1) is 13.8 Å². The lowest BCUT2D eigenvalue weighted by atomic mass is 9.97. The fourth-order valence-corrected chi connectivity index (χ4v) is 4.30. The van der Waals surface area contributed by atoms with Crippen molar-refractivity contribution in [2.45, 2.75) is 33.1 Å². The smallest absolute Gasteiger partial charge is 0.282 e. The van der Waals surface area contributed by atoms with Gasteiger partial charge in [-0.05, 0) is 62.4 Å². The second-order valence-corrected chi connectivity index (χ2v) is 7.95. The minimum absolute atomic E-state index is 0.260. The van der Waals surface area contributed by atoms with Crippen LogP contribution in [0.3, 0.4) is 0 Å². The minimum atomic E-state index is -0.278. The molecule has 0 radical (unpaired) electrons. The summed E-state index contributed by atoms with van der Waals surface area (Å²) in [6.45, 7) is 5.61. The highest BCUT2D eigenvalue weighted by molar-refractivity contribution is 6.45. The molecule has 2 aliphatic rings. The number of carbonyl (C=O) groups excluding carboxylic acids is 2. The molecule has 0 aliphatic carbocycles. The van der Waals surface area contributed by atoms with E-state index in [4.69, 9.17) is 11.6 Å². The summed E-state index contributed by atoms with van der Waals surface area (Å²) in [5.74, 6) is -0.538. The Kier molecular flexibility index (Phi) is 4.98. The Bertz CT molecular complexity index is 990. The Morgan fingerprint density at radius 1 is 0.893 bits per heavy atom. The van der Waals surface area contributed by atoms with Crippen molar-refractivity contribution in [3.05, 3.63) is 69.9 Å². The molecule has 2 aliphatic heterocycles. The Morgan fingerprint density at radius 2 is 1.64 bits per heavy atom. The number of imide groups is 1. The molecule has 144 valence electrons. The van der Waals surface area contributed by atoms with E-state index in [1.165, 1.54) is 4.90 Å². The van der Waals surface area contributed by atoms with Crippen LogP contribution in [0.5, 0.6) is 0 Å². The average Bonchev–Trinajstić information content (AvgIpc) is 2.93. The highest BCUT2D eigenvalue weighted by Crippen LogP contribution is 2.37. The maximum absolute atomic E-state index is 13.5. The molecule has 0 N–H and O–H groups in total. The monoisotopic (exact) mass is 394 g/mol. The Balaban J connectivity index is 1.87. The normalized spacial score (nSPS) is 17.7. The minimum Gasteiger partial charge on any atom is -0.366 e. The molecule has 5 heteroatoms. The lowest BCUT2D eigenvalue weighted by Crippen LogP contribution is -2.37. The van der Waals surface area contributed by atoms with Crippen molar-refractivity contribution in [3.8, 4) is 0 Å². The van der Waals surface area contributed by atoms with Crippen molar-refractivity contribution in [1.82, 2.24) is 4.90 Å². The van der Waals surface area contributed by atoms with Crippen molar-refractivity contribution in [1.29, 1.82) is 0 Å². The fourth-order valence-electron chi connectivity index (χ4n) is 4.12. The number of hydrogen-bond donors (Lipinski definition) is 0. The van der Waals surface area contributed by atoms with E-state index >= 15 is 0 Å². The number of amides is 2. The average molecular weight is 395 g/mol. The maximum Gasteiger partial charge on any atom is 0.282 e. The van der Waals surface area contributed by atoms with Gasteiger partial charge in [0.05, 0.1) is 11.3 Å². The molecule has 0 bridgehead atoms. The van der Waals surface area contributed by atoms with Crippen LogP contribution in [0.2, 0.25) is 5.02 Å². The third-order valence-electron chi connectivity index (χ3n) is 5.45. The number of hydrogen-bond acceptors (Lipinski definition) is 3. The highest BCUT2D eigenvalue weighted by atomic mass is 35.5. The first kappa shape index (κ1) is 18.8. The summed E-state index contributed by atoms with van der Waals surface area (Å²) in [5, 5.41) is 0.498. The number of piperidine rings is 1. The highest BCUT2D eigenvalue weighted by Gasteiger charge is 2.43. The van der Waals surface area contributed by atoms with E-state index in [1.807, 2.05) is 26.0 Å². The topological polar surface area (TPSA) is 40.6 Å². The molecule has 2 amide bonds. The third-order valence-corrected chi connectivity index (χ3v) is 5.68. The number of aryl methyl sites for hydroxylation is 2. The van der Waals surface area contributed by atoms with Gasteiger partial charge >= 0.3 is 0 Å². The van der Waals surface area contributed by atoms with Crippen molar-refractivity contribution in [2.75, 3.05) is 18.0 Å². The lowest BCUT2D eigenvalue weighted by Gasteiger charge is -2.29. The van der Waals surface area contributed by atoms with Gasteiger partial charge in [0, 0.05) is 18.1 Å². The molecule has 0 unspecified atom stereocenters.